The monoisotopic (exact) mass is 429 g/mol. The molecule has 0 bridgehead atoms. The maximum Gasteiger partial charge on any atom is 0.417 e. The third-order valence-electron chi connectivity index (χ3n) is 6.09. The number of nitrogens with zero attached hydrogens (tertiary/aromatic N) is 1. The minimum atomic E-state index is -4.58. The molecule has 6 nitrogen and oxygen atoms in total. The first-order valence-corrected chi connectivity index (χ1v) is 9.73. The molecule has 3 aliphatic rings. The molecule has 10 heteroatoms. The molecule has 2 atom stereocenters. The Kier molecular flexibility index (Phi) is 4.56. The molecule has 1 saturated carbocycles. The van der Waals surface area contributed by atoms with Crippen molar-refractivity contribution >= 4 is 29.4 Å². The molecule has 2 fully saturated rings. The average molecular weight is 430 g/mol. The van der Waals surface area contributed by atoms with E-state index in [0.717, 1.165) is 18.9 Å². The summed E-state index contributed by atoms with van der Waals surface area (Å²) in [5.74, 6) is -0.701. The third-order valence-corrected chi connectivity index (χ3v) is 6.40. The quantitative estimate of drug-likeness (QED) is 0.719. The first-order valence-electron chi connectivity index (χ1n) is 9.35. The van der Waals surface area contributed by atoms with Crippen LogP contribution in [0.5, 0.6) is 0 Å². The number of urea groups is 1. The van der Waals surface area contributed by atoms with E-state index < -0.39 is 40.3 Å². The molecule has 1 aliphatic carbocycles. The van der Waals surface area contributed by atoms with Crippen LogP contribution in [-0.4, -0.2) is 28.3 Å². The van der Waals surface area contributed by atoms with Crippen LogP contribution in [-0.2, 0) is 22.3 Å². The van der Waals surface area contributed by atoms with Crippen LogP contribution in [0.1, 0.15) is 55.3 Å². The summed E-state index contributed by atoms with van der Waals surface area (Å²) in [6.45, 7) is 1.82. The Balaban J connectivity index is 1.50. The van der Waals surface area contributed by atoms with E-state index in [0.29, 0.717) is 11.1 Å². The molecular formula is C19H19ClF3N3O3. The summed E-state index contributed by atoms with van der Waals surface area (Å²) in [4.78, 5) is 38.2. The molecule has 2 N–H and O–H groups in total. The maximum absolute atomic E-state index is 13.1. The number of imide groups is 1. The number of benzene rings is 1. The van der Waals surface area contributed by atoms with E-state index in [1.807, 2.05) is 0 Å². The Labute approximate surface area is 169 Å². The predicted octanol–water partition coefficient (Wildman–Crippen LogP) is 3.53. The highest BCUT2D eigenvalue weighted by Gasteiger charge is 2.55. The van der Waals surface area contributed by atoms with Crippen LogP contribution in [0.4, 0.5) is 18.0 Å². The molecular weight excluding hydrogens is 411 g/mol. The summed E-state index contributed by atoms with van der Waals surface area (Å²) in [6.07, 6.45) is -2.82. The summed E-state index contributed by atoms with van der Waals surface area (Å²) < 4.78 is 39.4. The van der Waals surface area contributed by atoms with E-state index in [2.05, 4.69) is 10.6 Å². The van der Waals surface area contributed by atoms with Crippen molar-refractivity contribution in [3.05, 3.63) is 33.8 Å². The van der Waals surface area contributed by atoms with Crippen LogP contribution in [0, 0.1) is 5.92 Å². The van der Waals surface area contributed by atoms with Crippen molar-refractivity contribution in [1.82, 2.24) is 15.5 Å². The molecule has 0 spiro atoms. The number of alkyl halides is 3. The lowest BCUT2D eigenvalue weighted by Crippen LogP contribution is -2.49. The Hall–Kier alpha value is -2.29. The summed E-state index contributed by atoms with van der Waals surface area (Å²) in [5.41, 5.74) is -1.00. The minimum Gasteiger partial charge on any atom is -0.332 e. The molecule has 0 radical (unpaired) electrons. The van der Waals surface area contributed by atoms with E-state index in [4.69, 9.17) is 11.6 Å². The molecule has 29 heavy (non-hydrogen) atoms. The van der Waals surface area contributed by atoms with Gasteiger partial charge in [0.15, 0.2) is 0 Å². The molecule has 1 aromatic carbocycles. The SMILES string of the molecule is CC1c2cc(C(F)(F)F)c(Cl)cc2CN1C(=O)CCC1(C2CC2)NC(=O)NC1=O. The zero-order valence-corrected chi connectivity index (χ0v) is 16.3. The molecule has 4 rings (SSSR count). The fraction of sp³-hybridized carbons (Fsp3) is 0.526. The van der Waals surface area contributed by atoms with Gasteiger partial charge in [-0.15, -0.1) is 0 Å². The highest BCUT2D eigenvalue weighted by atomic mass is 35.5. The topological polar surface area (TPSA) is 78.5 Å². The number of hydrogen-bond donors (Lipinski definition) is 2. The predicted molar refractivity (Wildman–Crippen MR) is 96.8 cm³/mol. The fourth-order valence-electron chi connectivity index (χ4n) is 4.36. The molecule has 4 amide bonds. The Morgan fingerprint density at radius 1 is 1.31 bits per heavy atom. The summed E-state index contributed by atoms with van der Waals surface area (Å²) >= 11 is 5.80. The Bertz CT molecular complexity index is 916. The minimum absolute atomic E-state index is 0.00237. The summed E-state index contributed by atoms with van der Waals surface area (Å²) in [7, 11) is 0. The average Bonchev–Trinajstić information content (AvgIpc) is 3.36. The van der Waals surface area contributed by atoms with Gasteiger partial charge in [-0.1, -0.05) is 11.6 Å². The number of nitrogens with one attached hydrogen (secondary N) is 2. The van der Waals surface area contributed by atoms with Gasteiger partial charge in [-0.2, -0.15) is 13.2 Å². The molecule has 1 saturated heterocycles. The van der Waals surface area contributed by atoms with Crippen molar-refractivity contribution in [3.8, 4) is 0 Å². The highest BCUT2D eigenvalue weighted by molar-refractivity contribution is 6.31. The van der Waals surface area contributed by atoms with Gasteiger partial charge in [-0.05, 0) is 55.4 Å². The van der Waals surface area contributed by atoms with E-state index >= 15 is 0 Å². The van der Waals surface area contributed by atoms with Crippen LogP contribution in [0.15, 0.2) is 12.1 Å². The first kappa shape index (κ1) is 20.0. The number of amides is 4. The number of fused-ring (bicyclic) bond motifs is 1. The number of hydrogen-bond acceptors (Lipinski definition) is 3. The molecule has 0 aromatic heterocycles. The van der Waals surface area contributed by atoms with Gasteiger partial charge < -0.3 is 10.2 Å². The summed E-state index contributed by atoms with van der Waals surface area (Å²) in [6, 6.07) is 1.16. The molecule has 2 heterocycles. The molecule has 2 aliphatic heterocycles. The van der Waals surface area contributed by atoms with Gasteiger partial charge in [0.2, 0.25) is 5.91 Å². The van der Waals surface area contributed by atoms with E-state index in [-0.39, 0.29) is 31.2 Å². The second kappa shape index (κ2) is 6.62. The van der Waals surface area contributed by atoms with Crippen LogP contribution in [0.2, 0.25) is 5.02 Å². The van der Waals surface area contributed by atoms with Gasteiger partial charge in [0.05, 0.1) is 16.6 Å². The van der Waals surface area contributed by atoms with Crippen LogP contribution >= 0.6 is 11.6 Å². The smallest absolute Gasteiger partial charge is 0.332 e. The Morgan fingerprint density at radius 2 is 2.00 bits per heavy atom. The van der Waals surface area contributed by atoms with E-state index in [9.17, 15) is 27.6 Å². The van der Waals surface area contributed by atoms with Gasteiger partial charge in [0.25, 0.3) is 5.91 Å². The van der Waals surface area contributed by atoms with Crippen molar-refractivity contribution < 1.29 is 27.6 Å². The van der Waals surface area contributed by atoms with Crippen molar-refractivity contribution in [2.45, 2.75) is 56.9 Å². The standard InChI is InChI=1S/C19H19ClF3N3O3/c1-9-12-7-13(19(21,22)23)14(20)6-10(12)8-26(9)15(27)4-5-18(11-2-3-11)16(28)24-17(29)25-18/h6-7,9,11H,2-5,8H2,1H3,(H2,24,25,28,29). The fourth-order valence-corrected chi connectivity index (χ4v) is 4.66. The lowest BCUT2D eigenvalue weighted by Gasteiger charge is -2.28. The second-order valence-electron chi connectivity index (χ2n) is 7.88. The van der Waals surface area contributed by atoms with Crippen LogP contribution in [0.3, 0.4) is 0 Å². The van der Waals surface area contributed by atoms with Crippen LogP contribution in [0.25, 0.3) is 0 Å². The normalized spacial score (nSPS) is 26.4. The third kappa shape index (κ3) is 3.35. The van der Waals surface area contributed by atoms with Gasteiger partial charge in [-0.25, -0.2) is 4.79 Å². The highest BCUT2D eigenvalue weighted by Crippen LogP contribution is 2.45. The van der Waals surface area contributed by atoms with Crippen LogP contribution < -0.4 is 10.6 Å². The molecule has 1 aromatic rings. The number of carbonyl (C=O) groups excluding carboxylic acids is 3. The van der Waals surface area contributed by atoms with Gasteiger partial charge in [0.1, 0.15) is 5.54 Å². The lowest BCUT2D eigenvalue weighted by molar-refractivity contribution is -0.137. The van der Waals surface area contributed by atoms with E-state index in [1.54, 1.807) is 6.92 Å². The molecule has 156 valence electrons. The first-order chi connectivity index (χ1) is 13.5. The maximum atomic E-state index is 13.1. The number of halogens is 4. The van der Waals surface area contributed by atoms with Crippen molar-refractivity contribution in [2.75, 3.05) is 0 Å². The van der Waals surface area contributed by atoms with Crippen molar-refractivity contribution in [3.63, 3.8) is 0 Å². The van der Waals surface area contributed by atoms with Gasteiger partial charge >= 0.3 is 12.2 Å². The van der Waals surface area contributed by atoms with Crippen molar-refractivity contribution in [1.29, 1.82) is 0 Å². The summed E-state index contributed by atoms with van der Waals surface area (Å²) in [5, 5.41) is 4.52. The molecule has 2 unspecified atom stereocenters. The zero-order valence-electron chi connectivity index (χ0n) is 15.5. The largest absolute Gasteiger partial charge is 0.417 e. The second-order valence-corrected chi connectivity index (χ2v) is 8.29. The van der Waals surface area contributed by atoms with E-state index in [1.165, 1.54) is 11.0 Å². The van der Waals surface area contributed by atoms with Gasteiger partial charge in [0, 0.05) is 13.0 Å². The van der Waals surface area contributed by atoms with Crippen molar-refractivity contribution in [2.24, 2.45) is 5.92 Å². The lowest BCUT2D eigenvalue weighted by atomic mass is 9.87. The Morgan fingerprint density at radius 3 is 2.55 bits per heavy atom. The van der Waals surface area contributed by atoms with Gasteiger partial charge in [-0.3, -0.25) is 14.9 Å². The number of rotatable bonds is 4. The number of carbonyl (C=O) groups is 3. The zero-order chi connectivity index (χ0) is 21.1.